The second kappa shape index (κ2) is 8.25. The number of rotatable bonds is 5. The number of hydrogen-bond acceptors (Lipinski definition) is 2. The summed E-state index contributed by atoms with van der Waals surface area (Å²) in [5.41, 5.74) is 1.59. The molecule has 25 heavy (non-hydrogen) atoms. The third-order valence-electron chi connectivity index (χ3n) is 3.81. The number of amides is 2. The fraction of sp³-hybridized carbons (Fsp3) is 0.263. The van der Waals surface area contributed by atoms with E-state index in [1.54, 1.807) is 37.3 Å². The molecule has 6 heteroatoms. The zero-order chi connectivity index (χ0) is 18.6. The van der Waals surface area contributed by atoms with Gasteiger partial charge in [0.2, 0.25) is 5.91 Å². The Bertz CT molecular complexity index is 793. The van der Waals surface area contributed by atoms with Crippen molar-refractivity contribution < 1.29 is 14.0 Å². The van der Waals surface area contributed by atoms with Crippen molar-refractivity contribution in [1.29, 1.82) is 0 Å². The molecule has 2 amide bonds. The standard InChI is InChI=1S/C19H20BrFN2O2/c1-11(2)17(23-18(24)14-6-4-5-7-15(14)20)19(25)22-16-10-13(21)9-8-12(16)3/h4-11,17H,1-3H3,(H,22,25)(H,23,24). The predicted molar refractivity (Wildman–Crippen MR) is 100 cm³/mol. The number of aryl methyl sites for hydroxylation is 1. The molecular weight excluding hydrogens is 387 g/mol. The normalized spacial score (nSPS) is 11.9. The molecule has 0 aromatic heterocycles. The van der Waals surface area contributed by atoms with E-state index in [0.717, 1.165) is 5.56 Å². The first kappa shape index (κ1) is 19.1. The van der Waals surface area contributed by atoms with Crippen molar-refractivity contribution in [2.75, 3.05) is 5.32 Å². The molecule has 0 heterocycles. The SMILES string of the molecule is Cc1ccc(F)cc1NC(=O)C(NC(=O)c1ccccc1Br)C(C)C. The van der Waals surface area contributed by atoms with Gasteiger partial charge in [0.25, 0.3) is 5.91 Å². The average molecular weight is 407 g/mol. The highest BCUT2D eigenvalue weighted by Crippen LogP contribution is 2.19. The van der Waals surface area contributed by atoms with E-state index in [-0.39, 0.29) is 17.7 Å². The van der Waals surface area contributed by atoms with Crippen molar-refractivity contribution in [3.05, 3.63) is 63.9 Å². The van der Waals surface area contributed by atoms with Gasteiger partial charge in [-0.15, -0.1) is 0 Å². The third kappa shape index (κ3) is 4.89. The molecule has 4 nitrogen and oxygen atoms in total. The van der Waals surface area contributed by atoms with Crippen LogP contribution < -0.4 is 10.6 Å². The van der Waals surface area contributed by atoms with Gasteiger partial charge in [-0.05, 0) is 58.6 Å². The summed E-state index contributed by atoms with van der Waals surface area (Å²) in [5, 5.41) is 5.45. The molecule has 0 spiro atoms. The molecule has 0 aliphatic carbocycles. The number of carbonyl (C=O) groups excluding carboxylic acids is 2. The lowest BCUT2D eigenvalue weighted by Crippen LogP contribution is -2.47. The van der Waals surface area contributed by atoms with Gasteiger partial charge in [-0.3, -0.25) is 9.59 Å². The molecule has 2 aromatic carbocycles. The summed E-state index contributed by atoms with van der Waals surface area (Å²) in [4.78, 5) is 25.1. The second-order valence-corrected chi connectivity index (χ2v) is 6.98. The van der Waals surface area contributed by atoms with Gasteiger partial charge in [0.05, 0.1) is 5.56 Å². The first-order chi connectivity index (χ1) is 11.8. The maximum atomic E-state index is 13.4. The van der Waals surface area contributed by atoms with Crippen molar-refractivity contribution >= 4 is 33.4 Å². The number of carbonyl (C=O) groups is 2. The van der Waals surface area contributed by atoms with Crippen molar-refractivity contribution in [2.45, 2.75) is 26.8 Å². The van der Waals surface area contributed by atoms with Crippen LogP contribution in [0.2, 0.25) is 0 Å². The lowest BCUT2D eigenvalue weighted by Gasteiger charge is -2.22. The predicted octanol–water partition coefficient (Wildman–Crippen LogP) is 4.29. The van der Waals surface area contributed by atoms with Crippen LogP contribution in [0.3, 0.4) is 0 Å². The Kier molecular flexibility index (Phi) is 6.31. The quantitative estimate of drug-likeness (QED) is 0.777. The monoisotopic (exact) mass is 406 g/mol. The van der Waals surface area contributed by atoms with Gasteiger partial charge in [0.1, 0.15) is 11.9 Å². The topological polar surface area (TPSA) is 58.2 Å². The summed E-state index contributed by atoms with van der Waals surface area (Å²) in [6.45, 7) is 5.45. The van der Waals surface area contributed by atoms with Gasteiger partial charge >= 0.3 is 0 Å². The molecule has 0 saturated heterocycles. The Labute approximate surface area is 154 Å². The van der Waals surface area contributed by atoms with Gasteiger partial charge in [0, 0.05) is 10.2 Å². The lowest BCUT2D eigenvalue weighted by molar-refractivity contribution is -0.118. The molecule has 0 bridgehead atoms. The molecule has 1 atom stereocenters. The molecule has 2 aromatic rings. The van der Waals surface area contributed by atoms with Crippen LogP contribution in [-0.2, 0) is 4.79 Å². The van der Waals surface area contributed by atoms with E-state index in [1.807, 2.05) is 13.8 Å². The molecule has 0 saturated carbocycles. The second-order valence-electron chi connectivity index (χ2n) is 6.12. The maximum absolute atomic E-state index is 13.4. The number of anilines is 1. The van der Waals surface area contributed by atoms with Crippen LogP contribution in [0.1, 0.15) is 29.8 Å². The third-order valence-corrected chi connectivity index (χ3v) is 4.50. The Balaban J connectivity index is 2.17. The van der Waals surface area contributed by atoms with Crippen molar-refractivity contribution in [2.24, 2.45) is 5.92 Å². The summed E-state index contributed by atoms with van der Waals surface area (Å²) in [6, 6.07) is 10.4. The Hall–Kier alpha value is -2.21. The first-order valence-electron chi connectivity index (χ1n) is 7.92. The Morgan fingerprint density at radius 3 is 2.44 bits per heavy atom. The first-order valence-corrected chi connectivity index (χ1v) is 8.71. The summed E-state index contributed by atoms with van der Waals surface area (Å²) >= 11 is 3.33. The minimum atomic E-state index is -0.748. The van der Waals surface area contributed by atoms with Crippen LogP contribution in [0.5, 0.6) is 0 Å². The number of hydrogen-bond donors (Lipinski definition) is 2. The number of halogens is 2. The minimum Gasteiger partial charge on any atom is -0.340 e. The highest BCUT2D eigenvalue weighted by atomic mass is 79.9. The van der Waals surface area contributed by atoms with Crippen molar-refractivity contribution in [3.63, 3.8) is 0 Å². The molecule has 1 unspecified atom stereocenters. The number of benzene rings is 2. The van der Waals surface area contributed by atoms with E-state index in [0.29, 0.717) is 15.7 Å². The minimum absolute atomic E-state index is 0.139. The number of nitrogens with one attached hydrogen (secondary N) is 2. The van der Waals surface area contributed by atoms with E-state index < -0.39 is 11.9 Å². The van der Waals surface area contributed by atoms with Gasteiger partial charge in [-0.1, -0.05) is 32.0 Å². The average Bonchev–Trinajstić information content (AvgIpc) is 2.55. The Morgan fingerprint density at radius 1 is 1.12 bits per heavy atom. The van der Waals surface area contributed by atoms with Crippen molar-refractivity contribution in [3.8, 4) is 0 Å². The smallest absolute Gasteiger partial charge is 0.253 e. The van der Waals surface area contributed by atoms with E-state index >= 15 is 0 Å². The van der Waals surface area contributed by atoms with E-state index in [4.69, 9.17) is 0 Å². The van der Waals surface area contributed by atoms with Crippen LogP contribution >= 0.6 is 15.9 Å². The molecule has 2 rings (SSSR count). The summed E-state index contributed by atoms with van der Waals surface area (Å²) in [7, 11) is 0. The van der Waals surface area contributed by atoms with E-state index in [1.165, 1.54) is 12.1 Å². The van der Waals surface area contributed by atoms with Crippen LogP contribution in [-0.4, -0.2) is 17.9 Å². The molecule has 0 aliphatic rings. The van der Waals surface area contributed by atoms with Crippen LogP contribution in [0.25, 0.3) is 0 Å². The molecule has 132 valence electrons. The Morgan fingerprint density at radius 2 is 1.80 bits per heavy atom. The zero-order valence-corrected chi connectivity index (χ0v) is 15.9. The van der Waals surface area contributed by atoms with E-state index in [9.17, 15) is 14.0 Å². The summed E-state index contributed by atoms with van der Waals surface area (Å²) in [5.74, 6) is -1.30. The summed E-state index contributed by atoms with van der Waals surface area (Å²) < 4.78 is 14.1. The molecule has 0 fully saturated rings. The van der Waals surface area contributed by atoms with Gasteiger partial charge < -0.3 is 10.6 Å². The molecule has 2 N–H and O–H groups in total. The highest BCUT2D eigenvalue weighted by molar-refractivity contribution is 9.10. The van der Waals surface area contributed by atoms with Gasteiger partial charge in [-0.25, -0.2) is 4.39 Å². The van der Waals surface area contributed by atoms with Crippen molar-refractivity contribution in [1.82, 2.24) is 5.32 Å². The fourth-order valence-corrected chi connectivity index (χ4v) is 2.80. The highest BCUT2D eigenvalue weighted by Gasteiger charge is 2.25. The molecular formula is C19H20BrFN2O2. The summed E-state index contributed by atoms with van der Waals surface area (Å²) in [6.07, 6.45) is 0. The zero-order valence-electron chi connectivity index (χ0n) is 14.3. The van der Waals surface area contributed by atoms with Crippen LogP contribution in [0.4, 0.5) is 10.1 Å². The fourth-order valence-electron chi connectivity index (χ4n) is 2.34. The van der Waals surface area contributed by atoms with Crippen LogP contribution in [0.15, 0.2) is 46.9 Å². The van der Waals surface area contributed by atoms with Gasteiger partial charge in [-0.2, -0.15) is 0 Å². The maximum Gasteiger partial charge on any atom is 0.253 e. The van der Waals surface area contributed by atoms with Crippen LogP contribution in [0, 0.1) is 18.7 Å². The van der Waals surface area contributed by atoms with E-state index in [2.05, 4.69) is 26.6 Å². The lowest BCUT2D eigenvalue weighted by atomic mass is 10.0. The van der Waals surface area contributed by atoms with Gasteiger partial charge in [0.15, 0.2) is 0 Å². The molecule has 0 radical (unpaired) electrons. The molecule has 0 aliphatic heterocycles. The largest absolute Gasteiger partial charge is 0.340 e.